The van der Waals surface area contributed by atoms with Crippen molar-refractivity contribution in [1.29, 1.82) is 0 Å². The van der Waals surface area contributed by atoms with Crippen molar-refractivity contribution in [1.82, 2.24) is 0 Å². The van der Waals surface area contributed by atoms with Gasteiger partial charge in [-0.3, -0.25) is 0 Å². The van der Waals surface area contributed by atoms with Crippen molar-refractivity contribution in [3.63, 3.8) is 0 Å². The summed E-state index contributed by atoms with van der Waals surface area (Å²) in [6.45, 7) is 4.29. The second-order valence-electron chi connectivity index (χ2n) is 8.53. The molecule has 0 aliphatic heterocycles. The van der Waals surface area contributed by atoms with Gasteiger partial charge in [0.2, 0.25) is 0 Å². The highest BCUT2D eigenvalue weighted by atomic mass is 16.5. The predicted molar refractivity (Wildman–Crippen MR) is 140 cm³/mol. The molecular formula is C30H30O6. The molecule has 4 aromatic rings. The van der Waals surface area contributed by atoms with E-state index in [2.05, 4.69) is 0 Å². The molecular weight excluding hydrogens is 456 g/mol. The minimum absolute atomic E-state index is 0.0617. The fourth-order valence-corrected chi connectivity index (χ4v) is 3.99. The van der Waals surface area contributed by atoms with Crippen molar-refractivity contribution in [3.8, 4) is 56.8 Å². The topological polar surface area (TPSA) is 77.4 Å². The third kappa shape index (κ3) is 5.33. The van der Waals surface area contributed by atoms with Crippen LogP contribution in [0.15, 0.2) is 78.9 Å². The van der Waals surface area contributed by atoms with Gasteiger partial charge in [0, 0.05) is 5.56 Å². The number of benzene rings is 4. The zero-order valence-electron chi connectivity index (χ0n) is 20.8. The van der Waals surface area contributed by atoms with Gasteiger partial charge < -0.3 is 29.2 Å². The Bertz CT molecular complexity index is 1310. The van der Waals surface area contributed by atoms with Crippen molar-refractivity contribution >= 4 is 0 Å². The van der Waals surface area contributed by atoms with Crippen molar-refractivity contribution in [2.75, 3.05) is 14.2 Å². The van der Waals surface area contributed by atoms with E-state index in [0.717, 1.165) is 11.1 Å². The van der Waals surface area contributed by atoms with Gasteiger partial charge in [0.25, 0.3) is 0 Å². The van der Waals surface area contributed by atoms with Crippen molar-refractivity contribution < 1.29 is 29.2 Å². The van der Waals surface area contributed by atoms with Gasteiger partial charge in [-0.15, -0.1) is 0 Å². The summed E-state index contributed by atoms with van der Waals surface area (Å²) in [5.74, 6) is 2.01. The molecule has 0 spiro atoms. The summed E-state index contributed by atoms with van der Waals surface area (Å²) in [4.78, 5) is 0. The fraction of sp³-hybridized carbons (Fsp3) is 0.200. The Hall–Kier alpha value is -4.32. The van der Waals surface area contributed by atoms with E-state index < -0.39 is 0 Å². The zero-order chi connectivity index (χ0) is 25.7. The lowest BCUT2D eigenvalue weighted by molar-refractivity contribution is 0.218. The highest BCUT2D eigenvalue weighted by Crippen LogP contribution is 2.50. The van der Waals surface area contributed by atoms with E-state index in [1.54, 1.807) is 31.4 Å². The summed E-state index contributed by atoms with van der Waals surface area (Å²) >= 11 is 0. The lowest BCUT2D eigenvalue weighted by atomic mass is 9.96. The lowest BCUT2D eigenvalue weighted by Gasteiger charge is -2.20. The molecule has 6 heteroatoms. The third-order valence-electron chi connectivity index (χ3n) is 5.65. The monoisotopic (exact) mass is 486 g/mol. The maximum Gasteiger partial charge on any atom is 0.170 e. The first kappa shape index (κ1) is 24.8. The Morgan fingerprint density at radius 3 is 2.06 bits per heavy atom. The van der Waals surface area contributed by atoms with E-state index in [4.69, 9.17) is 18.9 Å². The van der Waals surface area contributed by atoms with E-state index in [9.17, 15) is 10.2 Å². The first-order chi connectivity index (χ1) is 17.4. The maximum atomic E-state index is 11.3. The highest BCUT2D eigenvalue weighted by Gasteiger charge is 2.23. The minimum Gasteiger partial charge on any atom is -0.508 e. The quantitative estimate of drug-likeness (QED) is 0.270. The molecule has 4 aromatic carbocycles. The number of hydrogen-bond acceptors (Lipinski definition) is 6. The molecule has 0 heterocycles. The highest BCUT2D eigenvalue weighted by molar-refractivity contribution is 5.88. The Balaban J connectivity index is 1.78. The van der Waals surface area contributed by atoms with E-state index in [-0.39, 0.29) is 17.6 Å². The summed E-state index contributed by atoms with van der Waals surface area (Å²) < 4.78 is 23.4. The molecule has 2 N–H and O–H groups in total. The number of methoxy groups -OCH3 is 2. The lowest BCUT2D eigenvalue weighted by Crippen LogP contribution is -2.07. The average molecular weight is 487 g/mol. The molecule has 0 radical (unpaired) electrons. The molecule has 0 bridgehead atoms. The zero-order valence-corrected chi connectivity index (χ0v) is 20.8. The number of aromatic hydroxyl groups is 2. The molecule has 6 nitrogen and oxygen atoms in total. The Morgan fingerprint density at radius 1 is 0.722 bits per heavy atom. The molecule has 0 fully saturated rings. The first-order valence-corrected chi connectivity index (χ1v) is 11.7. The van der Waals surface area contributed by atoms with Gasteiger partial charge in [-0.25, -0.2) is 0 Å². The van der Waals surface area contributed by atoms with Gasteiger partial charge in [0.05, 0.1) is 25.9 Å². The van der Waals surface area contributed by atoms with Gasteiger partial charge in [-0.05, 0) is 60.9 Å². The number of ether oxygens (including phenoxy) is 4. The second kappa shape index (κ2) is 11.0. The molecule has 0 unspecified atom stereocenters. The van der Waals surface area contributed by atoms with Crippen LogP contribution in [-0.4, -0.2) is 30.5 Å². The van der Waals surface area contributed by atoms with Crippen LogP contribution < -0.4 is 18.9 Å². The summed E-state index contributed by atoms with van der Waals surface area (Å²) in [6, 6.07) is 23.9. The minimum atomic E-state index is -0.0822. The van der Waals surface area contributed by atoms with Crippen LogP contribution >= 0.6 is 0 Å². The SMILES string of the molecule is COc1cc(-c2ccc(O)cc2)c(OC)c(O)c1-c1ccc(OCc2ccccc2)c(OC(C)C)c1. The number of rotatable bonds is 9. The third-order valence-corrected chi connectivity index (χ3v) is 5.65. The summed E-state index contributed by atoms with van der Waals surface area (Å²) in [5.41, 5.74) is 3.60. The molecule has 0 aromatic heterocycles. The van der Waals surface area contributed by atoms with Gasteiger partial charge in [-0.1, -0.05) is 48.5 Å². The van der Waals surface area contributed by atoms with E-state index in [0.29, 0.717) is 46.3 Å². The molecule has 0 aliphatic rings. The smallest absolute Gasteiger partial charge is 0.170 e. The van der Waals surface area contributed by atoms with E-state index >= 15 is 0 Å². The van der Waals surface area contributed by atoms with Crippen molar-refractivity contribution in [2.45, 2.75) is 26.6 Å². The van der Waals surface area contributed by atoms with Gasteiger partial charge in [-0.2, -0.15) is 0 Å². The Kier molecular flexibility index (Phi) is 7.54. The van der Waals surface area contributed by atoms with E-state index in [1.165, 1.54) is 7.11 Å². The van der Waals surface area contributed by atoms with Crippen LogP contribution in [-0.2, 0) is 6.61 Å². The van der Waals surface area contributed by atoms with Crippen LogP contribution in [0.2, 0.25) is 0 Å². The molecule has 0 aliphatic carbocycles. The van der Waals surface area contributed by atoms with Gasteiger partial charge in [0.1, 0.15) is 18.1 Å². The molecule has 186 valence electrons. The molecule has 0 saturated heterocycles. The molecule has 36 heavy (non-hydrogen) atoms. The van der Waals surface area contributed by atoms with Crippen molar-refractivity contribution in [3.05, 3.63) is 84.4 Å². The van der Waals surface area contributed by atoms with Crippen LogP contribution in [0.3, 0.4) is 0 Å². The summed E-state index contributed by atoms with van der Waals surface area (Å²) in [6.07, 6.45) is -0.0822. The first-order valence-electron chi connectivity index (χ1n) is 11.7. The number of phenolic OH excluding ortho intramolecular Hbond substituents is 2. The van der Waals surface area contributed by atoms with Crippen LogP contribution in [0, 0.1) is 0 Å². The second-order valence-corrected chi connectivity index (χ2v) is 8.53. The molecule has 0 amide bonds. The molecule has 0 atom stereocenters. The standard InChI is InChI=1S/C30H30O6/c1-19(2)36-26-16-22(12-15-25(26)35-18-20-8-6-5-7-9-20)28-27(33-3)17-24(30(34-4)29(28)32)21-10-13-23(31)14-11-21/h5-17,19,31-32H,18H2,1-4H3. The summed E-state index contributed by atoms with van der Waals surface area (Å²) in [5, 5.41) is 21.0. The number of phenols is 2. The van der Waals surface area contributed by atoms with Crippen molar-refractivity contribution in [2.24, 2.45) is 0 Å². The van der Waals surface area contributed by atoms with Crippen LogP contribution in [0.25, 0.3) is 22.3 Å². The average Bonchev–Trinajstić information content (AvgIpc) is 2.88. The molecule has 4 rings (SSSR count). The predicted octanol–water partition coefficient (Wildman–Crippen LogP) is 6.82. The maximum absolute atomic E-state index is 11.3. The Labute approximate surface area is 211 Å². The van der Waals surface area contributed by atoms with Crippen LogP contribution in [0.4, 0.5) is 0 Å². The fourth-order valence-electron chi connectivity index (χ4n) is 3.99. The van der Waals surface area contributed by atoms with Crippen LogP contribution in [0.1, 0.15) is 19.4 Å². The normalized spacial score (nSPS) is 10.8. The van der Waals surface area contributed by atoms with Crippen LogP contribution in [0.5, 0.6) is 34.5 Å². The summed E-state index contributed by atoms with van der Waals surface area (Å²) in [7, 11) is 3.05. The van der Waals surface area contributed by atoms with Gasteiger partial charge >= 0.3 is 0 Å². The number of hydrogen-bond donors (Lipinski definition) is 2. The van der Waals surface area contributed by atoms with Gasteiger partial charge in [0.15, 0.2) is 23.0 Å². The largest absolute Gasteiger partial charge is 0.508 e. The Morgan fingerprint density at radius 2 is 1.42 bits per heavy atom. The van der Waals surface area contributed by atoms with E-state index in [1.807, 2.05) is 68.4 Å². The molecule has 0 saturated carbocycles.